The number of halogens is 1. The van der Waals surface area contributed by atoms with Gasteiger partial charge in [-0.25, -0.2) is 22.6 Å². The van der Waals surface area contributed by atoms with Gasteiger partial charge in [0.25, 0.3) is 0 Å². The van der Waals surface area contributed by atoms with Gasteiger partial charge < -0.3 is 26.0 Å². The van der Waals surface area contributed by atoms with Crippen LogP contribution in [0.3, 0.4) is 0 Å². The first-order chi connectivity index (χ1) is 17.7. The van der Waals surface area contributed by atoms with Crippen molar-refractivity contribution in [2.75, 3.05) is 22.5 Å². The van der Waals surface area contributed by atoms with Gasteiger partial charge >= 0.3 is 6.09 Å². The molecule has 3 rings (SSSR count). The minimum Gasteiger partial charge on any atom is -0.444 e. The molecular formula is C24H29FN6O5S2. The zero-order chi connectivity index (χ0) is 28.1. The molecule has 2 amide bonds. The van der Waals surface area contributed by atoms with E-state index < -0.39 is 38.5 Å². The Kier molecular flexibility index (Phi) is 8.89. The number of nitrogens with one attached hydrogen (secondary N) is 4. The minimum absolute atomic E-state index is 0.0655. The molecule has 0 bridgehead atoms. The molecule has 0 saturated heterocycles. The average Bonchev–Trinajstić information content (AvgIpc) is 3.29. The van der Waals surface area contributed by atoms with E-state index in [0.29, 0.717) is 11.4 Å². The standard InChI is InChI=1S/C24H29FN6O5S2/c1-14(2)38(34,35)21-18(10-11-37-21)30-20-17(25)12-26-22(31-20)29-16-8-6-15(7-9-16)28-19(32)13-27-23(33)36-24(3,4)5/h6-12,14H,13H2,1-5H3,(H,27,33)(H,28,32)(H2,26,29,30,31). The van der Waals surface area contributed by atoms with E-state index in [1.54, 1.807) is 70.3 Å². The Morgan fingerprint density at radius 1 is 1.08 bits per heavy atom. The van der Waals surface area contributed by atoms with Gasteiger partial charge in [-0.05, 0) is 70.3 Å². The van der Waals surface area contributed by atoms with E-state index >= 15 is 0 Å². The molecule has 1 aromatic carbocycles. The largest absolute Gasteiger partial charge is 0.444 e. The Labute approximate surface area is 224 Å². The third-order valence-corrected chi connectivity index (χ3v) is 8.39. The van der Waals surface area contributed by atoms with Crippen LogP contribution in [0.25, 0.3) is 0 Å². The van der Waals surface area contributed by atoms with Crippen LogP contribution in [0, 0.1) is 5.82 Å². The van der Waals surface area contributed by atoms with Gasteiger partial charge in [-0.15, -0.1) is 11.3 Å². The Morgan fingerprint density at radius 3 is 2.37 bits per heavy atom. The molecule has 0 atom stereocenters. The smallest absolute Gasteiger partial charge is 0.408 e. The monoisotopic (exact) mass is 564 g/mol. The molecule has 0 spiro atoms. The van der Waals surface area contributed by atoms with Crippen molar-refractivity contribution < 1.29 is 27.1 Å². The number of anilines is 5. The van der Waals surface area contributed by atoms with Crippen molar-refractivity contribution in [3.05, 3.63) is 47.7 Å². The van der Waals surface area contributed by atoms with Crippen molar-refractivity contribution in [3.8, 4) is 0 Å². The lowest BCUT2D eigenvalue weighted by Gasteiger charge is -2.19. The second-order valence-corrected chi connectivity index (χ2v) is 13.0. The number of sulfone groups is 1. The highest BCUT2D eigenvalue weighted by Crippen LogP contribution is 2.33. The maximum absolute atomic E-state index is 14.4. The predicted octanol–water partition coefficient (Wildman–Crippen LogP) is 4.81. The van der Waals surface area contributed by atoms with Crippen LogP contribution in [0.1, 0.15) is 34.6 Å². The molecule has 38 heavy (non-hydrogen) atoms. The fourth-order valence-electron chi connectivity index (χ4n) is 2.90. The van der Waals surface area contributed by atoms with Crippen LogP contribution in [-0.4, -0.2) is 47.8 Å². The van der Waals surface area contributed by atoms with Crippen molar-refractivity contribution in [1.82, 2.24) is 15.3 Å². The molecule has 3 aromatic rings. The highest BCUT2D eigenvalue weighted by atomic mass is 32.2. The summed E-state index contributed by atoms with van der Waals surface area (Å²) in [6, 6.07) is 8.06. The van der Waals surface area contributed by atoms with Gasteiger partial charge in [0.15, 0.2) is 21.5 Å². The van der Waals surface area contributed by atoms with Crippen LogP contribution >= 0.6 is 11.3 Å². The number of nitrogens with zero attached hydrogens (tertiary/aromatic N) is 2. The molecule has 0 aliphatic rings. The molecule has 2 heterocycles. The van der Waals surface area contributed by atoms with E-state index in [2.05, 4.69) is 31.2 Å². The van der Waals surface area contributed by atoms with Crippen molar-refractivity contribution in [2.45, 2.75) is 49.7 Å². The van der Waals surface area contributed by atoms with Crippen LogP contribution in [0.5, 0.6) is 0 Å². The molecule has 0 unspecified atom stereocenters. The van der Waals surface area contributed by atoms with E-state index in [0.717, 1.165) is 17.5 Å². The van der Waals surface area contributed by atoms with Crippen molar-refractivity contribution >= 4 is 62.0 Å². The minimum atomic E-state index is -3.57. The number of amides is 2. The zero-order valence-electron chi connectivity index (χ0n) is 21.5. The lowest BCUT2D eigenvalue weighted by Crippen LogP contribution is -2.37. The number of rotatable bonds is 9. The summed E-state index contributed by atoms with van der Waals surface area (Å²) >= 11 is 1.04. The first-order valence-electron chi connectivity index (χ1n) is 11.5. The maximum Gasteiger partial charge on any atom is 0.408 e. The highest BCUT2D eigenvalue weighted by molar-refractivity contribution is 7.94. The fourth-order valence-corrected chi connectivity index (χ4v) is 5.61. The number of alkyl carbamates (subject to hydrolysis) is 1. The Balaban J connectivity index is 1.63. The van der Waals surface area contributed by atoms with Crippen LogP contribution in [0.2, 0.25) is 0 Å². The summed E-state index contributed by atoms with van der Waals surface area (Å²) in [5.74, 6) is -1.33. The van der Waals surface area contributed by atoms with E-state index in [1.165, 1.54) is 0 Å². The number of hydrogen-bond acceptors (Lipinski definition) is 10. The number of thiophene rings is 1. The lowest BCUT2D eigenvalue weighted by atomic mass is 10.2. The predicted molar refractivity (Wildman–Crippen MR) is 145 cm³/mol. The average molecular weight is 565 g/mol. The van der Waals surface area contributed by atoms with Crippen LogP contribution in [-0.2, 0) is 19.4 Å². The third-order valence-electron chi connectivity index (χ3n) is 4.72. The topological polar surface area (TPSA) is 151 Å². The number of aromatic nitrogens is 2. The Bertz CT molecular complexity index is 1400. The molecule has 14 heteroatoms. The summed E-state index contributed by atoms with van der Waals surface area (Å²) in [7, 11) is -3.57. The molecule has 0 saturated carbocycles. The van der Waals surface area contributed by atoms with Crippen LogP contribution in [0.15, 0.2) is 46.1 Å². The summed E-state index contributed by atoms with van der Waals surface area (Å²) in [5, 5.41) is 11.7. The van der Waals surface area contributed by atoms with Crippen molar-refractivity contribution in [3.63, 3.8) is 0 Å². The van der Waals surface area contributed by atoms with Crippen molar-refractivity contribution in [2.24, 2.45) is 0 Å². The highest BCUT2D eigenvalue weighted by Gasteiger charge is 2.25. The SMILES string of the molecule is CC(C)S(=O)(=O)c1sccc1Nc1nc(Nc2ccc(NC(=O)CNC(=O)OC(C)(C)C)cc2)ncc1F. The fraction of sp³-hybridized carbons (Fsp3) is 0.333. The first-order valence-corrected chi connectivity index (χ1v) is 13.9. The van der Waals surface area contributed by atoms with Gasteiger partial charge in [0.05, 0.1) is 17.1 Å². The molecular weight excluding hydrogens is 535 g/mol. The molecule has 0 aliphatic heterocycles. The number of hydrogen-bond donors (Lipinski definition) is 4. The number of carbonyl (C=O) groups excluding carboxylic acids is 2. The Morgan fingerprint density at radius 2 is 1.74 bits per heavy atom. The first kappa shape index (κ1) is 28.8. The molecule has 0 aliphatic carbocycles. The molecule has 0 fully saturated rings. The second-order valence-electron chi connectivity index (χ2n) is 9.34. The second kappa shape index (κ2) is 11.7. The van der Waals surface area contributed by atoms with Gasteiger partial charge in [0.2, 0.25) is 11.9 Å². The zero-order valence-corrected chi connectivity index (χ0v) is 23.1. The van der Waals surface area contributed by atoms with Gasteiger partial charge in [-0.2, -0.15) is 4.98 Å². The number of ether oxygens (including phenoxy) is 1. The van der Waals surface area contributed by atoms with Crippen LogP contribution in [0.4, 0.5) is 38.0 Å². The summed E-state index contributed by atoms with van der Waals surface area (Å²) in [6.45, 7) is 8.04. The molecule has 11 nitrogen and oxygen atoms in total. The van der Waals surface area contributed by atoms with E-state index in [1.807, 2.05) is 0 Å². The Hall–Kier alpha value is -3.78. The maximum atomic E-state index is 14.4. The quantitative estimate of drug-likeness (QED) is 0.287. The van der Waals surface area contributed by atoms with Crippen molar-refractivity contribution in [1.29, 1.82) is 0 Å². The van der Waals surface area contributed by atoms with E-state index in [9.17, 15) is 22.4 Å². The molecule has 204 valence electrons. The summed E-state index contributed by atoms with van der Waals surface area (Å²) in [6.07, 6.45) is 0.268. The van der Waals surface area contributed by atoms with E-state index in [-0.39, 0.29) is 28.2 Å². The molecule has 0 radical (unpaired) electrons. The van der Waals surface area contributed by atoms with Gasteiger partial charge in [-0.3, -0.25) is 4.79 Å². The number of carbonyl (C=O) groups is 2. The molecule has 2 aromatic heterocycles. The summed E-state index contributed by atoms with van der Waals surface area (Å²) in [5.41, 5.74) is 0.584. The summed E-state index contributed by atoms with van der Waals surface area (Å²) in [4.78, 5) is 31.8. The molecule has 4 N–H and O–H groups in total. The lowest BCUT2D eigenvalue weighted by molar-refractivity contribution is -0.115. The van der Waals surface area contributed by atoms with Gasteiger partial charge in [0.1, 0.15) is 16.4 Å². The van der Waals surface area contributed by atoms with Crippen LogP contribution < -0.4 is 21.3 Å². The van der Waals surface area contributed by atoms with Gasteiger partial charge in [-0.1, -0.05) is 0 Å². The third kappa shape index (κ3) is 7.86. The number of benzene rings is 1. The van der Waals surface area contributed by atoms with E-state index in [4.69, 9.17) is 4.74 Å². The van der Waals surface area contributed by atoms with Gasteiger partial charge in [0, 0.05) is 11.4 Å². The summed E-state index contributed by atoms with van der Waals surface area (Å²) < 4.78 is 44.8. The normalized spacial score (nSPS) is 11.7.